The molecule has 0 saturated heterocycles. The van der Waals surface area contributed by atoms with E-state index in [0.29, 0.717) is 0 Å². The maximum atomic E-state index is 9.64. The Morgan fingerprint density at radius 2 is 2.50 bits per heavy atom. The second kappa shape index (κ2) is 2.75. The maximum Gasteiger partial charge on any atom is 0.409 e. The Labute approximate surface area is 46.2 Å². The molecule has 0 spiro atoms. The second-order valence-corrected chi connectivity index (χ2v) is 0.958. The van der Waals surface area contributed by atoms with E-state index in [0.717, 1.165) is 6.08 Å². The Balaban J connectivity index is 3.95. The largest absolute Gasteiger partial charge is 0.409 e. The van der Waals surface area contributed by atoms with E-state index in [1.54, 1.807) is 0 Å². The first kappa shape index (κ1) is 6.63. The molecule has 0 aromatic carbocycles. The minimum Gasteiger partial charge on any atom is -0.262 e. The average molecular weight is 111 g/mol. The Morgan fingerprint density at radius 1 is 2.00 bits per heavy atom. The third-order valence-corrected chi connectivity index (χ3v) is 0.505. The van der Waals surface area contributed by atoms with E-state index in [4.69, 9.17) is 5.26 Å². The van der Waals surface area contributed by atoms with Crippen molar-refractivity contribution < 1.29 is 4.92 Å². The summed E-state index contributed by atoms with van der Waals surface area (Å²) in [6.07, 6.45) is 0.903. The second-order valence-electron chi connectivity index (χ2n) is 0.958. The van der Waals surface area contributed by atoms with E-state index in [-0.39, 0.29) is 0 Å². The van der Waals surface area contributed by atoms with Gasteiger partial charge in [-0.3, -0.25) is 10.1 Å². The lowest BCUT2D eigenvalue weighted by atomic mass is 10.3. The van der Waals surface area contributed by atoms with E-state index in [2.05, 4.69) is 6.58 Å². The first-order valence-corrected chi connectivity index (χ1v) is 1.76. The molecule has 1 radical (unpaired) electrons. The summed E-state index contributed by atoms with van der Waals surface area (Å²) >= 11 is 0. The Hall–Kier alpha value is -1.37. The van der Waals surface area contributed by atoms with Gasteiger partial charge in [0.05, 0.1) is 4.92 Å². The molecule has 0 rings (SSSR count). The summed E-state index contributed by atoms with van der Waals surface area (Å²) in [7, 11) is 0. The molecule has 0 unspecified atom stereocenters. The minimum absolute atomic E-state index is 0.523. The summed E-state index contributed by atoms with van der Waals surface area (Å²) in [6, 6.07) is 0.828. The molecule has 0 heterocycles. The number of hydrogen-bond acceptors (Lipinski definition) is 3. The van der Waals surface area contributed by atoms with Gasteiger partial charge in [-0.2, -0.15) is 5.26 Å². The average Bonchev–Trinajstić information content (AvgIpc) is 1.69. The first-order chi connectivity index (χ1) is 3.72. The van der Waals surface area contributed by atoms with Gasteiger partial charge in [-0.1, -0.05) is 6.58 Å². The molecule has 0 aromatic rings. The lowest BCUT2D eigenvalue weighted by molar-refractivity contribution is -0.446. The molecule has 0 saturated carbocycles. The summed E-state index contributed by atoms with van der Waals surface area (Å²) in [6.45, 7) is 3.05. The van der Waals surface area contributed by atoms with Gasteiger partial charge in [0.2, 0.25) is 0 Å². The highest BCUT2D eigenvalue weighted by Gasteiger charge is 2.15. The smallest absolute Gasteiger partial charge is 0.262 e. The van der Waals surface area contributed by atoms with Gasteiger partial charge < -0.3 is 0 Å². The van der Waals surface area contributed by atoms with Crippen LogP contribution in [0.4, 0.5) is 0 Å². The summed E-state index contributed by atoms with van der Waals surface area (Å²) < 4.78 is 0. The zero-order valence-electron chi connectivity index (χ0n) is 4.00. The molecule has 0 aliphatic heterocycles. The van der Waals surface area contributed by atoms with Gasteiger partial charge >= 0.3 is 6.04 Å². The van der Waals surface area contributed by atoms with Gasteiger partial charge in [0, 0.05) is 6.08 Å². The van der Waals surface area contributed by atoms with Gasteiger partial charge in [-0.05, 0) is 0 Å². The molecule has 0 aliphatic rings. The van der Waals surface area contributed by atoms with Gasteiger partial charge in [-0.15, -0.1) is 0 Å². The van der Waals surface area contributed by atoms with Crippen molar-refractivity contribution in [1.29, 1.82) is 5.26 Å². The topological polar surface area (TPSA) is 66.9 Å². The summed E-state index contributed by atoms with van der Waals surface area (Å²) in [4.78, 5) is 8.85. The van der Waals surface area contributed by atoms with Crippen molar-refractivity contribution in [3.05, 3.63) is 28.8 Å². The van der Waals surface area contributed by atoms with Crippen molar-refractivity contribution in [1.82, 2.24) is 0 Å². The SMILES string of the molecule is C=C[C](C#N)[N+](=O)[O-]. The fraction of sp³-hybridized carbons (Fsp3) is 0. The van der Waals surface area contributed by atoms with Crippen LogP contribution >= 0.6 is 0 Å². The van der Waals surface area contributed by atoms with Crippen molar-refractivity contribution >= 4 is 0 Å². The monoisotopic (exact) mass is 111 g/mol. The predicted octanol–water partition coefficient (Wildman–Crippen LogP) is 0.505. The molecule has 0 atom stereocenters. The van der Waals surface area contributed by atoms with Gasteiger partial charge in [0.25, 0.3) is 0 Å². The van der Waals surface area contributed by atoms with Crippen LogP contribution < -0.4 is 0 Å². The van der Waals surface area contributed by atoms with Crippen LogP contribution in [0.15, 0.2) is 12.7 Å². The Bertz CT molecular complexity index is 147. The molecule has 0 N–H and O–H groups in total. The standard InChI is InChI=1S/C4H3N2O2/c1-2-4(3-5)6(7)8/h2H,1H2. The van der Waals surface area contributed by atoms with E-state index in [1.165, 1.54) is 6.07 Å². The van der Waals surface area contributed by atoms with Crippen molar-refractivity contribution in [2.24, 2.45) is 0 Å². The Kier molecular flexibility index (Phi) is 2.28. The van der Waals surface area contributed by atoms with Gasteiger partial charge in [0.1, 0.15) is 0 Å². The van der Waals surface area contributed by atoms with Crippen LogP contribution in [0.5, 0.6) is 0 Å². The van der Waals surface area contributed by atoms with E-state index >= 15 is 0 Å². The molecule has 0 bridgehead atoms. The van der Waals surface area contributed by atoms with Crippen molar-refractivity contribution in [2.45, 2.75) is 0 Å². The molecule has 4 nitrogen and oxygen atoms in total. The molecule has 8 heavy (non-hydrogen) atoms. The lowest BCUT2D eigenvalue weighted by Crippen LogP contribution is -2.02. The molecule has 0 aliphatic carbocycles. The summed E-state index contributed by atoms with van der Waals surface area (Å²) in [5.41, 5.74) is 0. The lowest BCUT2D eigenvalue weighted by Gasteiger charge is -1.84. The molecule has 0 fully saturated rings. The highest BCUT2D eigenvalue weighted by Crippen LogP contribution is 1.96. The van der Waals surface area contributed by atoms with Crippen molar-refractivity contribution in [2.75, 3.05) is 0 Å². The minimum atomic E-state index is -0.785. The predicted molar refractivity (Wildman–Crippen MR) is 26.0 cm³/mol. The van der Waals surface area contributed by atoms with Crippen LogP contribution in [0.2, 0.25) is 0 Å². The van der Waals surface area contributed by atoms with Crippen LogP contribution in [-0.2, 0) is 0 Å². The van der Waals surface area contributed by atoms with E-state index < -0.39 is 11.0 Å². The number of hydrogen-bond donors (Lipinski definition) is 0. The molecule has 4 heteroatoms. The molecular weight excluding hydrogens is 108 g/mol. The quantitative estimate of drug-likeness (QED) is 0.385. The molecular formula is C4H3N2O2. The zero-order chi connectivity index (χ0) is 6.57. The summed E-state index contributed by atoms with van der Waals surface area (Å²) in [5.74, 6) is 0. The molecule has 0 aromatic heterocycles. The Morgan fingerprint density at radius 3 is 2.50 bits per heavy atom. The first-order valence-electron chi connectivity index (χ1n) is 1.76. The highest BCUT2D eigenvalue weighted by atomic mass is 16.6. The van der Waals surface area contributed by atoms with Crippen LogP contribution in [0.1, 0.15) is 0 Å². The number of nitrogens with zero attached hydrogens (tertiary/aromatic N) is 2. The summed E-state index contributed by atoms with van der Waals surface area (Å²) in [5, 5.41) is 17.5. The molecule has 41 valence electrons. The zero-order valence-corrected chi connectivity index (χ0v) is 4.00. The van der Waals surface area contributed by atoms with Crippen LogP contribution in [-0.4, -0.2) is 4.92 Å². The molecule has 0 amide bonds. The normalized spacial score (nSPS) is 8.00. The van der Waals surface area contributed by atoms with Gasteiger partial charge in [0.15, 0.2) is 6.07 Å². The van der Waals surface area contributed by atoms with Crippen LogP contribution in [0.3, 0.4) is 0 Å². The van der Waals surface area contributed by atoms with E-state index in [1.807, 2.05) is 0 Å². The van der Waals surface area contributed by atoms with Gasteiger partial charge in [-0.25, -0.2) is 0 Å². The highest BCUT2D eigenvalue weighted by molar-refractivity contribution is 5.13. The third-order valence-electron chi connectivity index (χ3n) is 0.505. The third kappa shape index (κ3) is 1.39. The maximum absolute atomic E-state index is 9.64. The number of rotatable bonds is 2. The number of nitro groups is 1. The fourth-order valence-corrected chi connectivity index (χ4v) is 0.161. The van der Waals surface area contributed by atoms with Crippen LogP contribution in [0, 0.1) is 27.5 Å². The van der Waals surface area contributed by atoms with Crippen molar-refractivity contribution in [3.63, 3.8) is 0 Å². The number of nitriles is 1. The van der Waals surface area contributed by atoms with Crippen molar-refractivity contribution in [3.8, 4) is 6.07 Å². The fourth-order valence-electron chi connectivity index (χ4n) is 0.161. The van der Waals surface area contributed by atoms with E-state index in [9.17, 15) is 10.1 Å². The van der Waals surface area contributed by atoms with Crippen LogP contribution in [0.25, 0.3) is 0 Å².